The van der Waals surface area contributed by atoms with Gasteiger partial charge in [-0.05, 0) is 0 Å². The number of carbonyl (C=O) groups is 1. The number of pyridine rings is 1. The summed E-state index contributed by atoms with van der Waals surface area (Å²) < 4.78 is 24.1. The Kier molecular flexibility index (Phi) is 3.89. The fourth-order valence-corrected chi connectivity index (χ4v) is 2.88. The van der Waals surface area contributed by atoms with E-state index in [1.807, 2.05) is 0 Å². The van der Waals surface area contributed by atoms with E-state index in [-0.39, 0.29) is 10.6 Å². The van der Waals surface area contributed by atoms with E-state index in [0.29, 0.717) is 4.90 Å². The normalized spacial score (nSPS) is 11.4. The Morgan fingerprint density at radius 3 is 2.69 bits per heavy atom. The number of sulfonamides is 1. The number of nitrogens with zero attached hydrogens (tertiary/aromatic N) is 1. The van der Waals surface area contributed by atoms with Crippen molar-refractivity contribution in [1.82, 2.24) is 0 Å². The van der Waals surface area contributed by atoms with Crippen molar-refractivity contribution in [2.75, 3.05) is 5.75 Å². The number of thioether (sulfide) groups is 1. The average Bonchev–Trinajstić information content (AvgIpc) is 2.14. The van der Waals surface area contributed by atoms with Gasteiger partial charge in [0.15, 0.2) is 17.3 Å². The fraction of sp³-hybridized carbons (Fsp3) is 0.250. The first-order chi connectivity index (χ1) is 7.30. The molecule has 0 spiro atoms. The molecule has 6 nitrogen and oxygen atoms in total. The third-order valence-corrected chi connectivity index (χ3v) is 3.86. The van der Waals surface area contributed by atoms with Gasteiger partial charge in [0, 0.05) is 11.0 Å². The number of aromatic nitrogens is 1. The molecule has 4 N–H and O–H groups in total. The summed E-state index contributed by atoms with van der Waals surface area (Å²) in [6, 6.07) is 1.58. The molecule has 16 heavy (non-hydrogen) atoms. The molecule has 1 aromatic rings. The van der Waals surface area contributed by atoms with Gasteiger partial charge in [-0.25, -0.2) is 18.1 Å². The highest BCUT2D eigenvalue weighted by Crippen LogP contribution is 2.23. The van der Waals surface area contributed by atoms with Crippen LogP contribution in [0.2, 0.25) is 0 Å². The molecule has 0 saturated heterocycles. The van der Waals surface area contributed by atoms with Gasteiger partial charge in [0.2, 0.25) is 15.9 Å². The number of rotatable bonds is 4. The van der Waals surface area contributed by atoms with Gasteiger partial charge in [-0.1, -0.05) is 0 Å². The molecule has 0 aliphatic heterocycles. The lowest BCUT2D eigenvalue weighted by molar-refractivity contribution is -0.673. The second-order valence-corrected chi connectivity index (χ2v) is 5.69. The number of hydrogen-bond acceptors (Lipinski definition) is 4. The molecule has 0 bridgehead atoms. The Bertz CT molecular complexity index is 513. The standard InChI is InChI=1S/C8H11N3O3S2/c1-11-3-2-6(15-5-8(9)12)7(4-11)16(10,13)14/h2-4H,5H2,1H3,(H3-,9,10,12,13,14)/p+1. The number of primary sulfonamides is 1. The first kappa shape index (κ1) is 12.9. The summed E-state index contributed by atoms with van der Waals surface area (Å²) in [5.41, 5.74) is 4.98. The van der Waals surface area contributed by atoms with Crippen LogP contribution in [0.4, 0.5) is 0 Å². The molecule has 1 aromatic heterocycles. The summed E-state index contributed by atoms with van der Waals surface area (Å²) in [5.74, 6) is -0.505. The molecular weight excluding hydrogens is 250 g/mol. The van der Waals surface area contributed by atoms with E-state index in [1.54, 1.807) is 23.9 Å². The van der Waals surface area contributed by atoms with Gasteiger partial charge in [-0.15, -0.1) is 11.8 Å². The molecule has 0 unspecified atom stereocenters. The molecule has 0 fully saturated rings. The summed E-state index contributed by atoms with van der Waals surface area (Å²) in [6.07, 6.45) is 3.05. The van der Waals surface area contributed by atoms with E-state index < -0.39 is 15.9 Å². The van der Waals surface area contributed by atoms with Gasteiger partial charge in [0.25, 0.3) is 0 Å². The molecule has 0 atom stereocenters. The highest BCUT2D eigenvalue weighted by molar-refractivity contribution is 8.00. The van der Waals surface area contributed by atoms with Crippen LogP contribution in [0.25, 0.3) is 0 Å². The van der Waals surface area contributed by atoms with Crippen molar-refractivity contribution < 1.29 is 17.8 Å². The summed E-state index contributed by atoms with van der Waals surface area (Å²) >= 11 is 1.04. The van der Waals surface area contributed by atoms with Crippen LogP contribution in [0.15, 0.2) is 28.3 Å². The Hall–Kier alpha value is -1.12. The lowest BCUT2D eigenvalue weighted by Gasteiger charge is -2.03. The van der Waals surface area contributed by atoms with E-state index in [2.05, 4.69) is 0 Å². The summed E-state index contributed by atoms with van der Waals surface area (Å²) in [5, 5.41) is 5.06. The molecule has 1 amide bonds. The van der Waals surface area contributed by atoms with Gasteiger partial charge < -0.3 is 5.73 Å². The number of nitrogens with two attached hydrogens (primary N) is 2. The number of carbonyl (C=O) groups excluding carboxylic acids is 1. The first-order valence-electron chi connectivity index (χ1n) is 4.24. The molecule has 0 radical (unpaired) electrons. The molecule has 88 valence electrons. The molecule has 1 heterocycles. The number of aryl methyl sites for hydroxylation is 1. The van der Waals surface area contributed by atoms with Crippen LogP contribution in [0.1, 0.15) is 0 Å². The van der Waals surface area contributed by atoms with Gasteiger partial charge in [-0.2, -0.15) is 0 Å². The van der Waals surface area contributed by atoms with Gasteiger partial charge in [0.05, 0.1) is 5.75 Å². The Labute approximate surface area is 97.7 Å². The van der Waals surface area contributed by atoms with E-state index in [9.17, 15) is 13.2 Å². The molecular formula is C8H12N3O3S2+. The second kappa shape index (κ2) is 4.81. The maximum atomic E-state index is 11.3. The van der Waals surface area contributed by atoms with Crippen LogP contribution < -0.4 is 15.4 Å². The number of primary amides is 1. The average molecular weight is 262 g/mol. The maximum absolute atomic E-state index is 11.3. The minimum Gasteiger partial charge on any atom is -0.369 e. The predicted molar refractivity (Wildman–Crippen MR) is 58.9 cm³/mol. The fourth-order valence-electron chi connectivity index (χ4n) is 1.04. The Morgan fingerprint density at radius 1 is 1.56 bits per heavy atom. The molecule has 0 aliphatic carbocycles. The summed E-state index contributed by atoms with van der Waals surface area (Å²) in [6.45, 7) is 0. The zero-order chi connectivity index (χ0) is 12.3. The van der Waals surface area contributed by atoms with Crippen LogP contribution in [-0.2, 0) is 21.9 Å². The van der Waals surface area contributed by atoms with Crippen molar-refractivity contribution in [2.45, 2.75) is 9.79 Å². The van der Waals surface area contributed by atoms with Gasteiger partial charge in [0.1, 0.15) is 7.05 Å². The zero-order valence-electron chi connectivity index (χ0n) is 8.58. The molecule has 0 aromatic carbocycles. The van der Waals surface area contributed by atoms with E-state index >= 15 is 0 Å². The minimum atomic E-state index is -3.80. The van der Waals surface area contributed by atoms with Gasteiger partial charge in [-0.3, -0.25) is 4.79 Å². The number of hydrogen-bond donors (Lipinski definition) is 2. The third kappa shape index (κ3) is 3.47. The van der Waals surface area contributed by atoms with Crippen molar-refractivity contribution in [3.63, 3.8) is 0 Å². The van der Waals surface area contributed by atoms with Crippen LogP contribution in [0.5, 0.6) is 0 Å². The summed E-state index contributed by atoms with van der Waals surface area (Å²) in [4.78, 5) is 11.0. The molecule has 0 saturated carbocycles. The quantitative estimate of drug-likeness (QED) is 0.521. The van der Waals surface area contributed by atoms with Crippen molar-refractivity contribution in [3.8, 4) is 0 Å². The minimum absolute atomic E-state index is 0.0102. The van der Waals surface area contributed by atoms with Crippen LogP contribution in [-0.4, -0.2) is 20.1 Å². The van der Waals surface area contributed by atoms with E-state index in [4.69, 9.17) is 10.9 Å². The maximum Gasteiger partial charge on any atom is 0.245 e. The molecule has 0 aliphatic rings. The largest absolute Gasteiger partial charge is 0.369 e. The zero-order valence-corrected chi connectivity index (χ0v) is 10.2. The van der Waals surface area contributed by atoms with E-state index in [0.717, 1.165) is 11.8 Å². The van der Waals surface area contributed by atoms with E-state index in [1.165, 1.54) is 6.20 Å². The van der Waals surface area contributed by atoms with Crippen LogP contribution in [0, 0.1) is 0 Å². The van der Waals surface area contributed by atoms with Crippen molar-refractivity contribution >= 4 is 27.7 Å². The SMILES string of the molecule is C[n+]1ccc(SCC(N)=O)c(S(N)(=O)=O)c1. The lowest BCUT2D eigenvalue weighted by Crippen LogP contribution is -2.29. The topological polar surface area (TPSA) is 107 Å². The molecule has 1 rings (SSSR count). The smallest absolute Gasteiger partial charge is 0.245 e. The summed E-state index contributed by atoms with van der Waals surface area (Å²) in [7, 11) is -2.12. The highest BCUT2D eigenvalue weighted by atomic mass is 32.2. The van der Waals surface area contributed by atoms with Crippen molar-refractivity contribution in [1.29, 1.82) is 0 Å². The molecule has 8 heteroatoms. The second-order valence-electron chi connectivity index (χ2n) is 3.14. The highest BCUT2D eigenvalue weighted by Gasteiger charge is 2.18. The van der Waals surface area contributed by atoms with Crippen LogP contribution >= 0.6 is 11.8 Å². The van der Waals surface area contributed by atoms with Gasteiger partial charge >= 0.3 is 0 Å². The first-order valence-corrected chi connectivity index (χ1v) is 6.77. The van der Waals surface area contributed by atoms with Crippen molar-refractivity contribution in [2.24, 2.45) is 17.9 Å². The Morgan fingerprint density at radius 2 is 2.19 bits per heavy atom. The Balaban J connectivity index is 3.13. The monoisotopic (exact) mass is 262 g/mol. The van der Waals surface area contributed by atoms with Crippen LogP contribution in [0.3, 0.4) is 0 Å². The number of amides is 1. The lowest BCUT2D eigenvalue weighted by atomic mass is 10.5. The third-order valence-electron chi connectivity index (χ3n) is 1.70. The predicted octanol–water partition coefficient (Wildman–Crippen LogP) is -1.26. The van der Waals surface area contributed by atoms with Crippen molar-refractivity contribution in [3.05, 3.63) is 18.5 Å².